The Morgan fingerprint density at radius 3 is 2.65 bits per heavy atom. The summed E-state index contributed by atoms with van der Waals surface area (Å²) in [6.45, 7) is -0.638. The molecule has 2 heterocycles. The van der Waals surface area contributed by atoms with Gasteiger partial charge in [-0.3, -0.25) is 19.1 Å². The van der Waals surface area contributed by atoms with E-state index in [1.807, 2.05) is 24.3 Å². The van der Waals surface area contributed by atoms with Gasteiger partial charge in [0.1, 0.15) is 6.54 Å². The summed E-state index contributed by atoms with van der Waals surface area (Å²) in [5.41, 5.74) is 0.833. The number of allylic oxidation sites excluding steroid dienone is 1. The third-order valence-corrected chi connectivity index (χ3v) is 5.46. The summed E-state index contributed by atoms with van der Waals surface area (Å²) < 4.78 is 40.1. The Hall–Kier alpha value is -3.66. The number of aromatic nitrogens is 1. The zero-order chi connectivity index (χ0) is 22.2. The molecule has 4 rings (SSSR count). The third kappa shape index (κ3) is 4.15. The number of thiazole rings is 1. The molecule has 0 bridgehead atoms. The highest BCUT2D eigenvalue weighted by Crippen LogP contribution is 2.35. The van der Waals surface area contributed by atoms with Crippen LogP contribution in [0, 0.1) is 0 Å². The maximum atomic E-state index is 13.1. The van der Waals surface area contributed by atoms with Gasteiger partial charge >= 0.3 is 11.0 Å². The van der Waals surface area contributed by atoms with Crippen molar-refractivity contribution in [3.8, 4) is 5.88 Å². The van der Waals surface area contributed by atoms with E-state index in [0.29, 0.717) is 5.57 Å². The molecule has 1 aliphatic heterocycles. The van der Waals surface area contributed by atoms with Crippen molar-refractivity contribution in [3.05, 3.63) is 74.2 Å². The van der Waals surface area contributed by atoms with Crippen molar-refractivity contribution < 1.29 is 23.1 Å². The molecule has 1 aliphatic rings. The highest BCUT2D eigenvalue weighted by Gasteiger charge is 2.33. The summed E-state index contributed by atoms with van der Waals surface area (Å²) in [6, 6.07) is 11.8. The highest BCUT2D eigenvalue weighted by molar-refractivity contribution is 7.10. The van der Waals surface area contributed by atoms with Crippen LogP contribution in [0.25, 0.3) is 11.6 Å². The Kier molecular flexibility index (Phi) is 5.24. The van der Waals surface area contributed by atoms with Crippen molar-refractivity contribution in [2.45, 2.75) is 12.7 Å². The van der Waals surface area contributed by atoms with E-state index in [4.69, 9.17) is 0 Å². The molecule has 0 saturated carbocycles. The first-order chi connectivity index (χ1) is 14.7. The summed E-state index contributed by atoms with van der Waals surface area (Å²) in [5, 5.41) is 12.6. The molecule has 6 nitrogen and oxygen atoms in total. The number of hydrogen-bond donors (Lipinski definition) is 2. The van der Waals surface area contributed by atoms with Gasteiger partial charge in [0.05, 0.1) is 21.8 Å². The zero-order valence-electron chi connectivity index (χ0n) is 15.7. The lowest BCUT2D eigenvalue weighted by molar-refractivity contribution is -0.137. The van der Waals surface area contributed by atoms with E-state index in [9.17, 15) is 27.9 Å². The lowest BCUT2D eigenvalue weighted by atomic mass is 10.1. The summed E-state index contributed by atoms with van der Waals surface area (Å²) >= 11 is 0.718. The number of alkyl halides is 3. The number of benzene rings is 2. The molecule has 0 fully saturated rings. The minimum absolute atomic E-state index is 0.214. The average Bonchev–Trinajstić information content (AvgIpc) is 3.24. The van der Waals surface area contributed by atoms with Crippen LogP contribution in [0.4, 0.5) is 24.5 Å². The first-order valence-corrected chi connectivity index (χ1v) is 9.79. The molecular formula is C21H14F3N3O3S. The topological polar surface area (TPSA) is 83.7 Å². The summed E-state index contributed by atoms with van der Waals surface area (Å²) in [5.74, 6) is -1.32. The Morgan fingerprint density at radius 1 is 1.16 bits per heavy atom. The van der Waals surface area contributed by atoms with Gasteiger partial charge < -0.3 is 10.4 Å². The number of rotatable bonds is 4. The molecule has 10 heteroatoms. The third-order valence-electron chi connectivity index (χ3n) is 4.55. The summed E-state index contributed by atoms with van der Waals surface area (Å²) in [6.07, 6.45) is -1.48. The Balaban J connectivity index is 1.57. The average molecular weight is 445 g/mol. The monoisotopic (exact) mass is 445 g/mol. The molecule has 31 heavy (non-hydrogen) atoms. The number of nitrogens with zero attached hydrogens (tertiary/aromatic N) is 2. The normalized spacial score (nSPS) is 14.1. The standard InChI is InChI=1S/C21H14F3N3O3S/c22-21(23,24)14-6-2-4-8-16(14)26-18(28)11-27-19(29)17(31-20(27)30)9-12-10-25-15-7-3-1-5-13(12)15/h1-10,29H,11H2,(H,26,28)/b12-9+. The SMILES string of the molecule is O=C(Cn1c(O)c(/C=C2\C=Nc3ccccc32)sc1=O)Nc1ccccc1C(F)(F)F. The van der Waals surface area contributed by atoms with Gasteiger partial charge in [-0.05, 0) is 24.3 Å². The van der Waals surface area contributed by atoms with Gasteiger partial charge in [-0.25, -0.2) is 0 Å². The molecule has 158 valence electrons. The number of aliphatic imine (C=N–C) groups is 1. The molecule has 3 aromatic rings. The fourth-order valence-electron chi connectivity index (χ4n) is 3.12. The van der Waals surface area contributed by atoms with Crippen molar-refractivity contribution in [2.75, 3.05) is 5.32 Å². The van der Waals surface area contributed by atoms with Crippen LogP contribution in [0.15, 0.2) is 58.3 Å². The largest absolute Gasteiger partial charge is 0.493 e. The molecule has 0 saturated heterocycles. The maximum absolute atomic E-state index is 13.1. The molecule has 0 aliphatic carbocycles. The van der Waals surface area contributed by atoms with Crippen LogP contribution in [0.2, 0.25) is 0 Å². The van der Waals surface area contributed by atoms with E-state index in [-0.39, 0.29) is 4.88 Å². The molecule has 0 unspecified atom stereocenters. The van der Waals surface area contributed by atoms with Gasteiger partial charge in [0, 0.05) is 17.4 Å². The Labute approximate surface area is 177 Å². The molecule has 0 radical (unpaired) electrons. The van der Waals surface area contributed by atoms with Crippen LogP contribution in [-0.2, 0) is 17.5 Å². The van der Waals surface area contributed by atoms with Crippen molar-refractivity contribution in [1.82, 2.24) is 4.57 Å². The number of nitrogens with one attached hydrogen (secondary N) is 1. The number of anilines is 1. The number of aromatic hydroxyl groups is 1. The highest BCUT2D eigenvalue weighted by atomic mass is 32.1. The van der Waals surface area contributed by atoms with Gasteiger partial charge in [-0.2, -0.15) is 13.2 Å². The second-order valence-corrected chi connectivity index (χ2v) is 7.60. The van der Waals surface area contributed by atoms with E-state index in [0.717, 1.165) is 39.3 Å². The number of para-hydroxylation sites is 2. The van der Waals surface area contributed by atoms with Crippen LogP contribution < -0.4 is 10.2 Å². The maximum Gasteiger partial charge on any atom is 0.418 e. The second-order valence-electron chi connectivity index (χ2n) is 6.61. The minimum atomic E-state index is -4.65. The van der Waals surface area contributed by atoms with E-state index >= 15 is 0 Å². The van der Waals surface area contributed by atoms with E-state index < -0.39 is 40.6 Å². The van der Waals surface area contributed by atoms with Crippen molar-refractivity contribution >= 4 is 46.5 Å². The van der Waals surface area contributed by atoms with Crippen LogP contribution in [0.5, 0.6) is 5.88 Å². The number of fused-ring (bicyclic) bond motifs is 1. The number of carbonyl (C=O) groups is 1. The molecule has 2 N–H and O–H groups in total. The fourth-order valence-corrected chi connectivity index (χ4v) is 3.95. The van der Waals surface area contributed by atoms with Crippen LogP contribution in [0.3, 0.4) is 0 Å². The molecular weight excluding hydrogens is 431 g/mol. The first kappa shape index (κ1) is 20.6. The molecule has 1 amide bonds. The van der Waals surface area contributed by atoms with E-state index in [1.165, 1.54) is 12.1 Å². The number of hydrogen-bond acceptors (Lipinski definition) is 5. The minimum Gasteiger partial charge on any atom is -0.493 e. The van der Waals surface area contributed by atoms with Gasteiger partial charge in [0.15, 0.2) is 0 Å². The van der Waals surface area contributed by atoms with Gasteiger partial charge in [0.25, 0.3) is 0 Å². The summed E-state index contributed by atoms with van der Waals surface area (Å²) in [4.78, 5) is 28.4. The second kappa shape index (κ2) is 7.88. The lowest BCUT2D eigenvalue weighted by Crippen LogP contribution is -2.25. The Morgan fingerprint density at radius 2 is 1.87 bits per heavy atom. The predicted molar refractivity (Wildman–Crippen MR) is 113 cm³/mol. The molecule has 0 atom stereocenters. The smallest absolute Gasteiger partial charge is 0.418 e. The quantitative estimate of drug-likeness (QED) is 0.619. The number of carbonyl (C=O) groups excluding carboxylic acids is 1. The predicted octanol–water partition coefficient (Wildman–Crippen LogP) is 4.53. The van der Waals surface area contributed by atoms with E-state index in [2.05, 4.69) is 10.3 Å². The fraction of sp³-hybridized carbons (Fsp3) is 0.0952. The first-order valence-electron chi connectivity index (χ1n) is 8.98. The number of halogens is 3. The van der Waals surface area contributed by atoms with Gasteiger partial charge in [-0.15, -0.1) is 0 Å². The molecule has 1 aromatic heterocycles. The lowest BCUT2D eigenvalue weighted by Gasteiger charge is -2.13. The van der Waals surface area contributed by atoms with Gasteiger partial charge in [0.2, 0.25) is 11.8 Å². The van der Waals surface area contributed by atoms with E-state index in [1.54, 1.807) is 12.3 Å². The molecule has 2 aromatic carbocycles. The summed E-state index contributed by atoms with van der Waals surface area (Å²) in [7, 11) is 0. The van der Waals surface area contributed by atoms with Crippen molar-refractivity contribution in [1.29, 1.82) is 0 Å². The van der Waals surface area contributed by atoms with Crippen LogP contribution in [0.1, 0.15) is 16.0 Å². The number of amides is 1. The van der Waals surface area contributed by atoms with Gasteiger partial charge in [-0.1, -0.05) is 41.7 Å². The molecule has 0 spiro atoms. The van der Waals surface area contributed by atoms with Crippen LogP contribution >= 0.6 is 11.3 Å². The van der Waals surface area contributed by atoms with Crippen molar-refractivity contribution in [2.24, 2.45) is 4.99 Å². The van der Waals surface area contributed by atoms with Crippen molar-refractivity contribution in [3.63, 3.8) is 0 Å². The van der Waals surface area contributed by atoms with Crippen LogP contribution in [-0.4, -0.2) is 21.8 Å². The zero-order valence-corrected chi connectivity index (χ0v) is 16.5. The Bertz CT molecular complexity index is 1290.